The monoisotopic (exact) mass is 298 g/mol. The molecule has 0 bridgehead atoms. The quantitative estimate of drug-likeness (QED) is 0.842. The Labute approximate surface area is 133 Å². The molecule has 1 aromatic heterocycles. The van der Waals surface area contributed by atoms with Crippen LogP contribution in [0.25, 0.3) is 0 Å². The van der Waals surface area contributed by atoms with Gasteiger partial charge in [0.1, 0.15) is 11.9 Å². The Balaban J connectivity index is 1.76. The number of hydrogen-bond donors (Lipinski definition) is 0. The second-order valence-electron chi connectivity index (χ2n) is 6.69. The molecule has 4 nitrogen and oxygen atoms in total. The maximum absolute atomic E-state index is 9.43. The van der Waals surface area contributed by atoms with Crippen molar-refractivity contribution in [2.75, 3.05) is 31.1 Å². The van der Waals surface area contributed by atoms with Gasteiger partial charge in [-0.1, -0.05) is 12.8 Å². The average molecular weight is 298 g/mol. The van der Waals surface area contributed by atoms with Crippen molar-refractivity contribution in [2.24, 2.45) is 0 Å². The first-order valence-electron chi connectivity index (χ1n) is 8.56. The van der Waals surface area contributed by atoms with Crippen LogP contribution in [0.4, 0.5) is 5.82 Å². The highest BCUT2D eigenvalue weighted by atomic mass is 15.3. The number of hydrogen-bond acceptors (Lipinski definition) is 4. The van der Waals surface area contributed by atoms with Gasteiger partial charge in [0.15, 0.2) is 0 Å². The lowest BCUT2D eigenvalue weighted by Crippen LogP contribution is -2.37. The molecule has 1 aliphatic heterocycles. The van der Waals surface area contributed by atoms with Gasteiger partial charge in [0.2, 0.25) is 0 Å². The highest BCUT2D eigenvalue weighted by Crippen LogP contribution is 2.26. The number of nitrogens with zero attached hydrogens (tertiary/aromatic N) is 4. The number of nitriles is 1. The van der Waals surface area contributed by atoms with E-state index in [1.54, 1.807) is 0 Å². The van der Waals surface area contributed by atoms with Crippen molar-refractivity contribution < 1.29 is 0 Å². The fourth-order valence-corrected chi connectivity index (χ4v) is 3.80. The predicted octanol–water partition coefficient (Wildman–Crippen LogP) is 3.02. The lowest BCUT2D eigenvalue weighted by Gasteiger charge is -2.27. The van der Waals surface area contributed by atoms with Crippen LogP contribution >= 0.6 is 0 Å². The standard InChI is InChI=1S/C18H26N4/c1-14-12-16(13-19)18(20-15(14)2)22-9-5-8-21(10-11-22)17-6-3-4-7-17/h12,17H,3-11H2,1-2H3. The third-order valence-corrected chi connectivity index (χ3v) is 5.24. The van der Waals surface area contributed by atoms with Crippen molar-refractivity contribution in [1.29, 1.82) is 5.26 Å². The Hall–Kier alpha value is -1.60. The molecule has 0 spiro atoms. The van der Waals surface area contributed by atoms with E-state index in [1.807, 2.05) is 19.9 Å². The van der Waals surface area contributed by atoms with Gasteiger partial charge in [0, 0.05) is 37.9 Å². The summed E-state index contributed by atoms with van der Waals surface area (Å²) in [7, 11) is 0. The molecule has 0 aromatic carbocycles. The van der Waals surface area contributed by atoms with Crippen molar-refractivity contribution in [2.45, 2.75) is 52.0 Å². The number of anilines is 1. The molecule has 2 fully saturated rings. The minimum Gasteiger partial charge on any atom is -0.354 e. The third-order valence-electron chi connectivity index (χ3n) is 5.24. The lowest BCUT2D eigenvalue weighted by atomic mass is 10.1. The van der Waals surface area contributed by atoms with Crippen LogP contribution in [0, 0.1) is 25.2 Å². The van der Waals surface area contributed by atoms with Gasteiger partial charge in [-0.05, 0) is 44.7 Å². The van der Waals surface area contributed by atoms with Gasteiger partial charge >= 0.3 is 0 Å². The Morgan fingerprint density at radius 3 is 2.59 bits per heavy atom. The van der Waals surface area contributed by atoms with Crippen molar-refractivity contribution >= 4 is 5.82 Å². The maximum Gasteiger partial charge on any atom is 0.146 e. The zero-order chi connectivity index (χ0) is 15.5. The largest absolute Gasteiger partial charge is 0.354 e. The van der Waals surface area contributed by atoms with Crippen molar-refractivity contribution in [3.8, 4) is 6.07 Å². The van der Waals surface area contributed by atoms with Crippen LogP contribution in [0.1, 0.15) is 48.9 Å². The van der Waals surface area contributed by atoms with Crippen LogP contribution in [-0.2, 0) is 0 Å². The Bertz CT molecular complexity index is 569. The van der Waals surface area contributed by atoms with E-state index >= 15 is 0 Å². The second-order valence-corrected chi connectivity index (χ2v) is 6.69. The number of rotatable bonds is 2. The molecule has 0 atom stereocenters. The lowest BCUT2D eigenvalue weighted by molar-refractivity contribution is 0.213. The zero-order valence-corrected chi connectivity index (χ0v) is 13.8. The summed E-state index contributed by atoms with van der Waals surface area (Å²) in [6.45, 7) is 8.34. The van der Waals surface area contributed by atoms with Crippen LogP contribution in [0.3, 0.4) is 0 Å². The molecule has 0 N–H and O–H groups in total. The molecular formula is C18H26N4. The van der Waals surface area contributed by atoms with E-state index in [2.05, 4.69) is 15.9 Å². The molecule has 2 aliphatic rings. The second kappa shape index (κ2) is 6.66. The first kappa shape index (κ1) is 15.3. The topological polar surface area (TPSA) is 43.2 Å². The van der Waals surface area contributed by atoms with E-state index in [-0.39, 0.29) is 0 Å². The smallest absolute Gasteiger partial charge is 0.146 e. The normalized spacial score (nSPS) is 20.9. The molecule has 1 saturated heterocycles. The molecule has 2 heterocycles. The number of aromatic nitrogens is 1. The van der Waals surface area contributed by atoms with Crippen LogP contribution in [0.2, 0.25) is 0 Å². The fraction of sp³-hybridized carbons (Fsp3) is 0.667. The highest BCUT2D eigenvalue weighted by Gasteiger charge is 2.25. The molecule has 0 amide bonds. The highest BCUT2D eigenvalue weighted by molar-refractivity contribution is 5.56. The van der Waals surface area contributed by atoms with E-state index < -0.39 is 0 Å². The van der Waals surface area contributed by atoms with Crippen molar-refractivity contribution in [1.82, 2.24) is 9.88 Å². The van der Waals surface area contributed by atoms with E-state index in [0.717, 1.165) is 54.7 Å². The molecule has 0 radical (unpaired) electrons. The third kappa shape index (κ3) is 3.10. The number of pyridine rings is 1. The Kier molecular flexibility index (Phi) is 4.63. The van der Waals surface area contributed by atoms with Gasteiger partial charge in [0.25, 0.3) is 0 Å². The molecule has 1 aromatic rings. The minimum atomic E-state index is 0.720. The molecule has 1 aliphatic carbocycles. The average Bonchev–Trinajstić information content (AvgIpc) is 2.94. The van der Waals surface area contributed by atoms with Crippen LogP contribution < -0.4 is 4.90 Å². The molecular weight excluding hydrogens is 272 g/mol. The van der Waals surface area contributed by atoms with Gasteiger partial charge in [-0.3, -0.25) is 4.90 Å². The molecule has 1 saturated carbocycles. The summed E-state index contributed by atoms with van der Waals surface area (Å²) in [5, 5.41) is 9.43. The first-order valence-corrected chi connectivity index (χ1v) is 8.56. The van der Waals surface area contributed by atoms with Crippen molar-refractivity contribution in [3.63, 3.8) is 0 Å². The van der Waals surface area contributed by atoms with Gasteiger partial charge in [-0.2, -0.15) is 5.26 Å². The maximum atomic E-state index is 9.43. The minimum absolute atomic E-state index is 0.720. The Morgan fingerprint density at radius 1 is 1.09 bits per heavy atom. The molecule has 0 unspecified atom stereocenters. The fourth-order valence-electron chi connectivity index (χ4n) is 3.80. The predicted molar refractivity (Wildman–Crippen MR) is 89.1 cm³/mol. The summed E-state index contributed by atoms with van der Waals surface area (Å²) < 4.78 is 0. The molecule has 4 heteroatoms. The number of aryl methyl sites for hydroxylation is 2. The Morgan fingerprint density at radius 2 is 1.86 bits per heavy atom. The molecule has 118 valence electrons. The van der Waals surface area contributed by atoms with E-state index in [0.29, 0.717) is 0 Å². The van der Waals surface area contributed by atoms with Crippen LogP contribution in [0.15, 0.2) is 6.07 Å². The molecule has 3 rings (SSSR count). The van der Waals surface area contributed by atoms with E-state index in [4.69, 9.17) is 4.98 Å². The molecule has 22 heavy (non-hydrogen) atoms. The van der Waals surface area contributed by atoms with E-state index in [1.165, 1.54) is 32.2 Å². The van der Waals surface area contributed by atoms with Gasteiger partial charge in [-0.25, -0.2) is 4.98 Å². The SMILES string of the molecule is Cc1cc(C#N)c(N2CCCN(C3CCCC3)CC2)nc1C. The summed E-state index contributed by atoms with van der Waals surface area (Å²) >= 11 is 0. The first-order chi connectivity index (χ1) is 10.7. The summed E-state index contributed by atoms with van der Waals surface area (Å²) in [6.07, 6.45) is 6.68. The summed E-state index contributed by atoms with van der Waals surface area (Å²) in [5.41, 5.74) is 2.85. The summed E-state index contributed by atoms with van der Waals surface area (Å²) in [4.78, 5) is 9.70. The zero-order valence-electron chi connectivity index (χ0n) is 13.8. The van der Waals surface area contributed by atoms with Gasteiger partial charge in [-0.15, -0.1) is 0 Å². The van der Waals surface area contributed by atoms with E-state index in [9.17, 15) is 5.26 Å². The van der Waals surface area contributed by atoms with Gasteiger partial charge < -0.3 is 4.90 Å². The van der Waals surface area contributed by atoms with Crippen molar-refractivity contribution in [3.05, 3.63) is 22.9 Å². The van der Waals surface area contributed by atoms with Crippen LogP contribution in [-0.4, -0.2) is 42.1 Å². The summed E-state index contributed by atoms with van der Waals surface area (Å²) in [6, 6.07) is 5.11. The van der Waals surface area contributed by atoms with Crippen LogP contribution in [0.5, 0.6) is 0 Å². The summed E-state index contributed by atoms with van der Waals surface area (Å²) in [5.74, 6) is 0.888. The van der Waals surface area contributed by atoms with Gasteiger partial charge in [0.05, 0.1) is 5.56 Å².